The minimum absolute atomic E-state index is 0.571. The van der Waals surface area contributed by atoms with Crippen molar-refractivity contribution in [2.24, 2.45) is 5.92 Å². The number of rotatable bonds is 6. The van der Waals surface area contributed by atoms with E-state index in [4.69, 9.17) is 16.3 Å². The van der Waals surface area contributed by atoms with E-state index in [1.54, 1.807) is 18.4 Å². The molecule has 0 aliphatic rings. The third-order valence-corrected chi connectivity index (χ3v) is 3.11. The molecule has 0 saturated heterocycles. The molecule has 0 amide bonds. The Balaban J connectivity index is 2.62. The monoisotopic (exact) mass is 248 g/mol. The molecular weight excluding hydrogens is 232 g/mol. The molecule has 0 atom stereocenters. The van der Waals surface area contributed by atoms with E-state index in [1.165, 1.54) is 0 Å². The van der Waals surface area contributed by atoms with Crippen LogP contribution in [0.15, 0.2) is 5.38 Å². The molecule has 0 radical (unpaired) electrons. The van der Waals surface area contributed by atoms with Crippen molar-refractivity contribution in [1.29, 1.82) is 0 Å². The van der Waals surface area contributed by atoms with Crippen LogP contribution >= 0.6 is 22.9 Å². The molecule has 0 aliphatic carbocycles. The molecule has 0 N–H and O–H groups in total. The van der Waals surface area contributed by atoms with Crippen LogP contribution in [0.1, 0.15) is 13.8 Å². The van der Waals surface area contributed by atoms with Crippen LogP contribution in [0.5, 0.6) is 0 Å². The standard InChI is InChI=1S/C10H17ClN2OS/c1-8(2)6-13(4-5-14-3)10-12-9(11)7-15-10/h7-8H,4-6H2,1-3H3. The van der Waals surface area contributed by atoms with Crippen molar-refractivity contribution in [2.75, 3.05) is 31.7 Å². The van der Waals surface area contributed by atoms with Gasteiger partial charge in [-0.25, -0.2) is 4.98 Å². The van der Waals surface area contributed by atoms with Crippen molar-refractivity contribution in [3.8, 4) is 0 Å². The lowest BCUT2D eigenvalue weighted by Gasteiger charge is -2.23. The Kier molecular flexibility index (Phi) is 5.36. The summed E-state index contributed by atoms with van der Waals surface area (Å²) in [6.45, 7) is 6.93. The van der Waals surface area contributed by atoms with Crippen LogP contribution in [0.3, 0.4) is 0 Å². The van der Waals surface area contributed by atoms with E-state index in [2.05, 4.69) is 23.7 Å². The van der Waals surface area contributed by atoms with Gasteiger partial charge in [0.1, 0.15) is 5.15 Å². The van der Waals surface area contributed by atoms with Gasteiger partial charge in [0.05, 0.1) is 6.61 Å². The maximum atomic E-state index is 5.82. The van der Waals surface area contributed by atoms with Crippen molar-refractivity contribution < 1.29 is 4.74 Å². The van der Waals surface area contributed by atoms with Crippen LogP contribution in [0.25, 0.3) is 0 Å². The highest BCUT2D eigenvalue weighted by atomic mass is 35.5. The molecule has 1 aromatic rings. The molecule has 3 nitrogen and oxygen atoms in total. The summed E-state index contributed by atoms with van der Waals surface area (Å²) in [6, 6.07) is 0. The number of ether oxygens (including phenoxy) is 1. The maximum absolute atomic E-state index is 5.82. The van der Waals surface area contributed by atoms with Crippen LogP contribution in [-0.2, 0) is 4.74 Å². The molecule has 0 aromatic carbocycles. The first-order valence-electron chi connectivity index (χ1n) is 4.98. The first-order chi connectivity index (χ1) is 7.13. The van der Waals surface area contributed by atoms with Gasteiger partial charge < -0.3 is 9.64 Å². The second-order valence-electron chi connectivity index (χ2n) is 3.79. The number of thiazole rings is 1. The van der Waals surface area contributed by atoms with Gasteiger partial charge in [-0.1, -0.05) is 25.4 Å². The first-order valence-corrected chi connectivity index (χ1v) is 6.24. The summed E-state index contributed by atoms with van der Waals surface area (Å²) < 4.78 is 5.08. The van der Waals surface area contributed by atoms with Gasteiger partial charge in [0.2, 0.25) is 0 Å². The smallest absolute Gasteiger partial charge is 0.186 e. The molecule has 1 rings (SSSR count). The van der Waals surface area contributed by atoms with E-state index in [0.717, 1.165) is 18.2 Å². The zero-order chi connectivity index (χ0) is 11.3. The van der Waals surface area contributed by atoms with Crippen LogP contribution in [0.4, 0.5) is 5.13 Å². The lowest BCUT2D eigenvalue weighted by molar-refractivity contribution is 0.204. The van der Waals surface area contributed by atoms with Crippen LogP contribution in [0, 0.1) is 5.92 Å². The Hall–Kier alpha value is -0.320. The predicted octanol–water partition coefficient (Wildman–Crippen LogP) is 2.91. The summed E-state index contributed by atoms with van der Waals surface area (Å²) in [5.74, 6) is 0.601. The van der Waals surface area contributed by atoms with E-state index < -0.39 is 0 Å². The Bertz CT molecular complexity index is 291. The van der Waals surface area contributed by atoms with Crippen LogP contribution < -0.4 is 4.90 Å². The highest BCUT2D eigenvalue weighted by molar-refractivity contribution is 7.14. The highest BCUT2D eigenvalue weighted by Crippen LogP contribution is 2.23. The number of hydrogen-bond acceptors (Lipinski definition) is 4. The van der Waals surface area contributed by atoms with Crippen molar-refractivity contribution in [1.82, 2.24) is 4.98 Å². The molecule has 0 aliphatic heterocycles. The molecule has 0 unspecified atom stereocenters. The molecule has 5 heteroatoms. The quantitative estimate of drug-likeness (QED) is 0.774. The Morgan fingerprint density at radius 1 is 1.60 bits per heavy atom. The summed E-state index contributed by atoms with van der Waals surface area (Å²) in [6.07, 6.45) is 0. The highest BCUT2D eigenvalue weighted by Gasteiger charge is 2.11. The molecule has 15 heavy (non-hydrogen) atoms. The summed E-state index contributed by atoms with van der Waals surface area (Å²) in [5, 5.41) is 3.41. The van der Waals surface area contributed by atoms with E-state index in [-0.39, 0.29) is 0 Å². The molecule has 0 fully saturated rings. The average molecular weight is 249 g/mol. The molecule has 86 valence electrons. The molecular formula is C10H17ClN2OS. The fourth-order valence-electron chi connectivity index (χ4n) is 1.30. The Morgan fingerprint density at radius 3 is 2.80 bits per heavy atom. The zero-order valence-corrected chi connectivity index (χ0v) is 10.9. The molecule has 1 aromatic heterocycles. The van der Waals surface area contributed by atoms with Gasteiger partial charge in [-0.3, -0.25) is 0 Å². The number of nitrogens with zero attached hydrogens (tertiary/aromatic N) is 2. The zero-order valence-electron chi connectivity index (χ0n) is 9.36. The largest absolute Gasteiger partial charge is 0.383 e. The van der Waals surface area contributed by atoms with Gasteiger partial charge in [0.15, 0.2) is 5.13 Å². The van der Waals surface area contributed by atoms with E-state index >= 15 is 0 Å². The second kappa shape index (κ2) is 6.30. The predicted molar refractivity (Wildman–Crippen MR) is 66.1 cm³/mol. The van der Waals surface area contributed by atoms with Gasteiger partial charge >= 0.3 is 0 Å². The number of hydrogen-bond donors (Lipinski definition) is 0. The number of aromatic nitrogens is 1. The summed E-state index contributed by atoms with van der Waals surface area (Å²) in [4.78, 5) is 6.48. The normalized spacial score (nSPS) is 11.0. The lowest BCUT2D eigenvalue weighted by atomic mass is 10.2. The van der Waals surface area contributed by atoms with E-state index in [1.807, 2.05) is 5.38 Å². The number of halogens is 1. The fraction of sp³-hybridized carbons (Fsp3) is 0.700. The molecule has 0 spiro atoms. The minimum atomic E-state index is 0.571. The molecule has 0 bridgehead atoms. The lowest BCUT2D eigenvalue weighted by Crippen LogP contribution is -2.30. The van der Waals surface area contributed by atoms with E-state index in [0.29, 0.717) is 17.7 Å². The topological polar surface area (TPSA) is 25.4 Å². The minimum Gasteiger partial charge on any atom is -0.383 e. The Morgan fingerprint density at radius 2 is 2.33 bits per heavy atom. The first kappa shape index (κ1) is 12.7. The van der Waals surface area contributed by atoms with Gasteiger partial charge in [0.25, 0.3) is 0 Å². The summed E-state index contributed by atoms with van der Waals surface area (Å²) in [5.41, 5.74) is 0. The van der Waals surface area contributed by atoms with Gasteiger partial charge in [-0.15, -0.1) is 11.3 Å². The SMILES string of the molecule is COCCN(CC(C)C)c1nc(Cl)cs1. The molecule has 0 saturated carbocycles. The maximum Gasteiger partial charge on any atom is 0.186 e. The third-order valence-electron chi connectivity index (χ3n) is 1.89. The van der Waals surface area contributed by atoms with Crippen LogP contribution in [0.2, 0.25) is 5.15 Å². The van der Waals surface area contributed by atoms with Crippen molar-refractivity contribution in [3.05, 3.63) is 10.5 Å². The van der Waals surface area contributed by atoms with Crippen LogP contribution in [-0.4, -0.2) is 31.8 Å². The van der Waals surface area contributed by atoms with Crippen molar-refractivity contribution in [3.63, 3.8) is 0 Å². The van der Waals surface area contributed by atoms with E-state index in [9.17, 15) is 0 Å². The van der Waals surface area contributed by atoms with Crippen molar-refractivity contribution in [2.45, 2.75) is 13.8 Å². The fourth-order valence-corrected chi connectivity index (χ4v) is 2.28. The number of methoxy groups -OCH3 is 1. The van der Waals surface area contributed by atoms with Crippen molar-refractivity contribution >= 4 is 28.1 Å². The van der Waals surface area contributed by atoms with Gasteiger partial charge in [0, 0.05) is 25.6 Å². The molecule has 1 heterocycles. The average Bonchev–Trinajstić information content (AvgIpc) is 2.58. The summed E-state index contributed by atoms with van der Waals surface area (Å²) in [7, 11) is 1.71. The Labute approximate surface area is 100 Å². The third kappa shape index (κ3) is 4.36. The number of anilines is 1. The second-order valence-corrected chi connectivity index (χ2v) is 5.01. The van der Waals surface area contributed by atoms with Gasteiger partial charge in [-0.05, 0) is 5.92 Å². The van der Waals surface area contributed by atoms with Gasteiger partial charge in [-0.2, -0.15) is 0 Å². The summed E-state index contributed by atoms with van der Waals surface area (Å²) >= 11 is 7.39.